The van der Waals surface area contributed by atoms with Crippen molar-refractivity contribution in [1.82, 2.24) is 9.97 Å². The van der Waals surface area contributed by atoms with Crippen LogP contribution in [0, 0.1) is 0 Å². The van der Waals surface area contributed by atoms with Crippen molar-refractivity contribution in [2.75, 3.05) is 17.7 Å². The molecule has 2 atom stereocenters. The van der Waals surface area contributed by atoms with Gasteiger partial charge in [0.05, 0.1) is 42.7 Å². The smallest absolute Gasteiger partial charge is 0.286 e. The van der Waals surface area contributed by atoms with Crippen LogP contribution in [0.5, 0.6) is 11.5 Å². The number of halogens is 2. The minimum Gasteiger partial charge on any atom is -0.508 e. The van der Waals surface area contributed by atoms with E-state index >= 15 is 0 Å². The number of amidine groups is 2. The predicted molar refractivity (Wildman–Crippen MR) is 226 cm³/mol. The Kier molecular flexibility index (Phi) is 12.7. The molecule has 0 saturated heterocycles. The van der Waals surface area contributed by atoms with Crippen LogP contribution in [0.1, 0.15) is 60.4 Å². The first-order valence-corrected chi connectivity index (χ1v) is 22.0. The highest BCUT2D eigenvalue weighted by Crippen LogP contribution is 2.35. The molecule has 0 spiro atoms. The van der Waals surface area contributed by atoms with Crippen LogP contribution in [0.25, 0.3) is 0 Å². The Morgan fingerprint density at radius 3 is 1.61 bits per heavy atom. The van der Waals surface area contributed by atoms with Crippen molar-refractivity contribution in [3.8, 4) is 11.5 Å². The quantitative estimate of drug-likeness (QED) is 0.101. The third-order valence-electron chi connectivity index (χ3n) is 9.49. The van der Waals surface area contributed by atoms with Crippen LogP contribution >= 0.6 is 23.2 Å². The zero-order valence-electron chi connectivity index (χ0n) is 31.9. The Balaban J connectivity index is 0.000000184. The molecule has 4 heterocycles. The predicted octanol–water partition coefficient (Wildman–Crippen LogP) is 7.76. The van der Waals surface area contributed by atoms with Crippen molar-refractivity contribution in [2.45, 2.75) is 47.3 Å². The van der Waals surface area contributed by atoms with Gasteiger partial charge in [0, 0.05) is 22.9 Å². The Labute approximate surface area is 359 Å². The number of sulfonamides is 2. The summed E-state index contributed by atoms with van der Waals surface area (Å²) in [7, 11) is -6.50. The molecule has 2 aliphatic heterocycles. The number of carbonyl (C=O) groups is 2. The summed E-state index contributed by atoms with van der Waals surface area (Å²) in [5.41, 5.74) is 2.09. The van der Waals surface area contributed by atoms with Gasteiger partial charge in [0.1, 0.15) is 33.8 Å². The van der Waals surface area contributed by atoms with E-state index < -0.39 is 37.5 Å². The number of phenols is 1. The number of fused-ring (bicyclic) bond motifs is 2. The number of nitrogens with zero attached hydrogens (tertiary/aromatic N) is 4. The van der Waals surface area contributed by atoms with E-state index in [0.717, 1.165) is 11.1 Å². The van der Waals surface area contributed by atoms with Gasteiger partial charge in [-0.25, -0.2) is 9.97 Å². The SMILES string of the molecule is COc1cccc(C(CCC(=O)C2=NS(=O)(=O)c3cc(Cl)ccc3N2)c2ncco2)c1.O=C(CCC(c1cccc(O)c1)c1ncco1)C1=NS(=O)(=O)c2cc(Cl)ccc2N1. The van der Waals surface area contributed by atoms with Gasteiger partial charge in [-0.05, 0) is 84.6 Å². The minimum atomic E-state index is -4.04. The molecule has 0 saturated carbocycles. The zero-order valence-corrected chi connectivity index (χ0v) is 35.0. The zero-order chi connectivity index (χ0) is 43.3. The highest BCUT2D eigenvalue weighted by atomic mass is 35.5. The van der Waals surface area contributed by atoms with E-state index in [9.17, 15) is 31.5 Å². The molecular formula is C41H34Cl2N6O10S2. The maximum atomic E-state index is 12.8. The lowest BCUT2D eigenvalue weighted by molar-refractivity contribution is -0.113. The fraction of sp³-hybridized carbons (Fsp3) is 0.171. The number of aromatic nitrogens is 2. The molecule has 2 aromatic heterocycles. The summed E-state index contributed by atoms with van der Waals surface area (Å²) in [5, 5.41) is 15.9. The first-order valence-electron chi connectivity index (χ1n) is 18.3. The van der Waals surface area contributed by atoms with Crippen LogP contribution in [-0.4, -0.2) is 62.3 Å². The van der Waals surface area contributed by atoms with Gasteiger partial charge in [-0.2, -0.15) is 16.8 Å². The molecule has 6 aromatic rings. The molecule has 4 aromatic carbocycles. The molecule has 2 unspecified atom stereocenters. The maximum absolute atomic E-state index is 12.8. The molecule has 0 fully saturated rings. The summed E-state index contributed by atoms with van der Waals surface area (Å²) in [6.45, 7) is 0. The number of rotatable bonds is 13. The second kappa shape index (κ2) is 18.1. The molecule has 3 N–H and O–H groups in total. The van der Waals surface area contributed by atoms with E-state index in [4.69, 9.17) is 36.8 Å². The van der Waals surface area contributed by atoms with Crippen molar-refractivity contribution >= 4 is 77.9 Å². The number of ketones is 2. The van der Waals surface area contributed by atoms with Crippen molar-refractivity contribution in [3.05, 3.63) is 143 Å². The topological polar surface area (TPSA) is 233 Å². The summed E-state index contributed by atoms with van der Waals surface area (Å²) >= 11 is 11.8. The number of carbonyl (C=O) groups excluding carboxylic acids is 2. The molecule has 2 aliphatic rings. The lowest BCUT2D eigenvalue weighted by Crippen LogP contribution is -2.29. The number of aromatic hydroxyl groups is 1. The monoisotopic (exact) mass is 904 g/mol. The Bertz CT molecular complexity index is 2890. The van der Waals surface area contributed by atoms with Gasteiger partial charge in [0.25, 0.3) is 20.0 Å². The van der Waals surface area contributed by atoms with Crippen LogP contribution in [0.4, 0.5) is 11.4 Å². The van der Waals surface area contributed by atoms with E-state index in [-0.39, 0.29) is 73.8 Å². The van der Waals surface area contributed by atoms with E-state index in [1.54, 1.807) is 25.3 Å². The summed E-state index contributed by atoms with van der Waals surface area (Å²) in [6.07, 6.45) is 6.53. The number of ether oxygens (including phenoxy) is 1. The van der Waals surface area contributed by atoms with Crippen LogP contribution in [0.15, 0.2) is 137 Å². The third kappa shape index (κ3) is 10.0. The summed E-state index contributed by atoms with van der Waals surface area (Å²) in [6, 6.07) is 22.6. The van der Waals surface area contributed by atoms with Crippen molar-refractivity contribution in [1.29, 1.82) is 0 Å². The molecular weight excluding hydrogens is 872 g/mol. The second-order valence-electron chi connectivity index (χ2n) is 13.5. The number of methoxy groups -OCH3 is 1. The van der Waals surface area contributed by atoms with E-state index in [1.165, 1.54) is 67.4 Å². The molecule has 16 nitrogen and oxygen atoms in total. The Hall–Kier alpha value is -6.34. The average molecular weight is 906 g/mol. The van der Waals surface area contributed by atoms with Gasteiger partial charge < -0.3 is 29.3 Å². The molecule has 0 radical (unpaired) electrons. The summed E-state index contributed by atoms with van der Waals surface area (Å²) < 4.78 is 73.2. The number of oxazole rings is 2. The normalized spacial score (nSPS) is 15.5. The Morgan fingerprint density at radius 1 is 0.689 bits per heavy atom. The minimum absolute atomic E-state index is 0.0209. The van der Waals surface area contributed by atoms with E-state index in [0.29, 0.717) is 24.0 Å². The summed E-state index contributed by atoms with van der Waals surface area (Å²) in [4.78, 5) is 33.8. The molecule has 8 rings (SSSR count). The molecule has 20 heteroatoms. The van der Waals surface area contributed by atoms with Crippen molar-refractivity contribution in [2.24, 2.45) is 8.80 Å². The number of benzene rings is 4. The van der Waals surface area contributed by atoms with E-state index in [1.807, 2.05) is 24.3 Å². The summed E-state index contributed by atoms with van der Waals surface area (Å²) in [5.74, 6) is -0.538. The van der Waals surface area contributed by atoms with Crippen LogP contribution in [-0.2, 0) is 29.6 Å². The van der Waals surface area contributed by atoms with Crippen LogP contribution in [0.2, 0.25) is 10.0 Å². The highest BCUT2D eigenvalue weighted by molar-refractivity contribution is 7.91. The molecule has 0 bridgehead atoms. The third-order valence-corrected chi connectivity index (χ3v) is 12.6. The largest absolute Gasteiger partial charge is 0.508 e. The number of hydrogen-bond donors (Lipinski definition) is 3. The molecule has 0 amide bonds. The second-order valence-corrected chi connectivity index (χ2v) is 17.5. The standard InChI is InChI=1S/C21H18ClN3O5S.C20H16ClN3O5S/c1-29-15-4-2-3-13(11-15)16(21-23-9-10-30-21)6-8-18(26)20-24-17-7-5-14(22)12-19(17)31(27,28)25-20;21-13-4-6-16-18(11-13)30(27,28)24-19(23-16)17(26)7-5-15(20-22-8-9-29-20)12-2-1-3-14(25)10-12/h2-5,7,9-12,16H,6,8H2,1H3,(H,24,25);1-4,6,8-11,15,25H,5,7H2,(H,23,24). The van der Waals surface area contributed by atoms with Gasteiger partial charge in [-0.1, -0.05) is 47.5 Å². The number of hydrogen-bond acceptors (Lipinski definition) is 14. The number of anilines is 2. The van der Waals surface area contributed by atoms with Crippen LogP contribution in [0.3, 0.4) is 0 Å². The number of Topliss-reactive ketones (excluding diaryl/α,β-unsaturated/α-hetero) is 2. The van der Waals surface area contributed by atoms with E-state index in [2.05, 4.69) is 29.4 Å². The number of nitrogens with one attached hydrogen (secondary N) is 2. The van der Waals surface area contributed by atoms with Gasteiger partial charge in [0.2, 0.25) is 11.8 Å². The lowest BCUT2D eigenvalue weighted by Gasteiger charge is -2.18. The molecule has 0 aliphatic carbocycles. The van der Waals surface area contributed by atoms with Crippen molar-refractivity contribution in [3.63, 3.8) is 0 Å². The fourth-order valence-electron chi connectivity index (χ4n) is 6.57. The highest BCUT2D eigenvalue weighted by Gasteiger charge is 2.31. The lowest BCUT2D eigenvalue weighted by atomic mass is 9.92. The van der Waals surface area contributed by atoms with Crippen molar-refractivity contribution < 1.29 is 45.1 Å². The van der Waals surface area contributed by atoms with Crippen LogP contribution < -0.4 is 15.4 Å². The van der Waals surface area contributed by atoms with Gasteiger partial charge >= 0.3 is 0 Å². The van der Waals surface area contributed by atoms with Gasteiger partial charge in [-0.3, -0.25) is 9.59 Å². The maximum Gasteiger partial charge on any atom is 0.286 e. The van der Waals surface area contributed by atoms with Gasteiger partial charge in [0.15, 0.2) is 23.2 Å². The first kappa shape index (κ1) is 42.8. The number of phenolic OH excluding ortho intramolecular Hbond substituents is 1. The molecule has 61 heavy (non-hydrogen) atoms. The molecule has 314 valence electrons. The fourth-order valence-corrected chi connectivity index (χ4v) is 9.36. The average Bonchev–Trinajstić information content (AvgIpc) is 3.98. The van der Waals surface area contributed by atoms with Gasteiger partial charge in [-0.15, -0.1) is 8.80 Å². The first-order chi connectivity index (χ1) is 29.2. The Morgan fingerprint density at radius 2 is 1.16 bits per heavy atom.